The van der Waals surface area contributed by atoms with E-state index in [1.165, 1.54) is 17.8 Å². The molecule has 2 aromatic heterocycles. The molecule has 0 aliphatic carbocycles. The first-order valence-electron chi connectivity index (χ1n) is 10.8. The van der Waals surface area contributed by atoms with Crippen molar-refractivity contribution >= 4 is 46.1 Å². The SMILES string of the molecule is O=C(Cc1csc(-c2ccccc2Cl)n1)Nc1ccc(Cl)c(-c2nnc3n2CCCCC3)c1. The molecule has 1 aliphatic heterocycles. The van der Waals surface area contributed by atoms with Crippen LogP contribution in [0.1, 0.15) is 30.8 Å². The van der Waals surface area contributed by atoms with Crippen molar-refractivity contribution < 1.29 is 4.79 Å². The molecule has 3 heterocycles. The van der Waals surface area contributed by atoms with Gasteiger partial charge >= 0.3 is 0 Å². The number of hydrogen-bond acceptors (Lipinski definition) is 5. The first kappa shape index (κ1) is 22.1. The van der Waals surface area contributed by atoms with Crippen LogP contribution in [0.3, 0.4) is 0 Å². The van der Waals surface area contributed by atoms with Crippen molar-refractivity contribution in [1.29, 1.82) is 0 Å². The van der Waals surface area contributed by atoms with E-state index in [0.717, 1.165) is 53.6 Å². The summed E-state index contributed by atoms with van der Waals surface area (Å²) in [5, 5.41) is 15.6. The van der Waals surface area contributed by atoms with Gasteiger partial charge in [0.25, 0.3) is 0 Å². The van der Waals surface area contributed by atoms with Gasteiger partial charge in [0.2, 0.25) is 5.91 Å². The molecule has 4 aromatic rings. The molecule has 0 saturated heterocycles. The standard InChI is InChI=1S/C24H21Cl2N5OS/c25-19-7-4-3-6-17(19)24-28-16(14-33-24)13-22(32)27-15-9-10-20(26)18(12-15)23-30-29-21-8-2-1-5-11-31(21)23/h3-4,6-7,9-10,12,14H,1-2,5,8,11,13H2,(H,27,32). The van der Waals surface area contributed by atoms with Gasteiger partial charge in [-0.2, -0.15) is 0 Å². The fraction of sp³-hybridized carbons (Fsp3) is 0.250. The van der Waals surface area contributed by atoms with Crippen LogP contribution in [-0.2, 0) is 24.2 Å². The predicted molar refractivity (Wildman–Crippen MR) is 133 cm³/mol. The number of aromatic nitrogens is 4. The van der Waals surface area contributed by atoms with E-state index < -0.39 is 0 Å². The zero-order valence-electron chi connectivity index (χ0n) is 17.7. The van der Waals surface area contributed by atoms with Crippen LogP contribution in [0.15, 0.2) is 47.8 Å². The van der Waals surface area contributed by atoms with Crippen molar-refractivity contribution in [2.24, 2.45) is 0 Å². The van der Waals surface area contributed by atoms with Crippen LogP contribution in [-0.4, -0.2) is 25.7 Å². The Labute approximate surface area is 205 Å². The molecule has 9 heteroatoms. The molecule has 33 heavy (non-hydrogen) atoms. The van der Waals surface area contributed by atoms with Crippen LogP contribution in [0, 0.1) is 0 Å². The van der Waals surface area contributed by atoms with Gasteiger partial charge in [0.05, 0.1) is 22.2 Å². The maximum Gasteiger partial charge on any atom is 0.230 e. The predicted octanol–water partition coefficient (Wildman–Crippen LogP) is 6.28. The highest BCUT2D eigenvalue weighted by atomic mass is 35.5. The van der Waals surface area contributed by atoms with E-state index in [1.807, 2.05) is 35.7 Å². The lowest BCUT2D eigenvalue weighted by atomic mass is 10.1. The Hall–Kier alpha value is -2.74. The maximum absolute atomic E-state index is 12.7. The van der Waals surface area contributed by atoms with Gasteiger partial charge < -0.3 is 9.88 Å². The lowest BCUT2D eigenvalue weighted by Gasteiger charge is -2.11. The molecule has 0 bridgehead atoms. The molecule has 0 radical (unpaired) electrons. The van der Waals surface area contributed by atoms with Gasteiger partial charge in [-0.05, 0) is 37.1 Å². The van der Waals surface area contributed by atoms with Crippen molar-refractivity contribution in [2.75, 3.05) is 5.32 Å². The third-order valence-corrected chi connectivity index (χ3v) is 7.18. The van der Waals surface area contributed by atoms with E-state index in [-0.39, 0.29) is 12.3 Å². The summed E-state index contributed by atoms with van der Waals surface area (Å²) in [6.07, 6.45) is 4.48. The number of aryl methyl sites for hydroxylation is 1. The molecule has 0 unspecified atom stereocenters. The number of halogens is 2. The number of thiazole rings is 1. The number of amides is 1. The summed E-state index contributed by atoms with van der Waals surface area (Å²) < 4.78 is 2.14. The number of carbonyl (C=O) groups excluding carboxylic acids is 1. The molecule has 0 atom stereocenters. The van der Waals surface area contributed by atoms with Gasteiger partial charge in [0, 0.05) is 35.2 Å². The fourth-order valence-electron chi connectivity index (χ4n) is 3.97. The number of nitrogens with one attached hydrogen (secondary N) is 1. The Morgan fingerprint density at radius 2 is 1.88 bits per heavy atom. The number of hydrogen-bond donors (Lipinski definition) is 1. The summed E-state index contributed by atoms with van der Waals surface area (Å²) in [5.74, 6) is 1.59. The third kappa shape index (κ3) is 4.81. The van der Waals surface area contributed by atoms with E-state index in [1.54, 1.807) is 12.1 Å². The second kappa shape index (κ2) is 9.63. The molecule has 2 aromatic carbocycles. The molecule has 0 saturated carbocycles. The molecular weight excluding hydrogens is 477 g/mol. The van der Waals surface area contributed by atoms with Crippen molar-refractivity contribution in [2.45, 2.75) is 38.6 Å². The molecule has 1 aliphatic rings. The van der Waals surface area contributed by atoms with E-state index in [0.29, 0.717) is 21.4 Å². The summed E-state index contributed by atoms with van der Waals surface area (Å²) in [6, 6.07) is 13.0. The van der Waals surface area contributed by atoms with Crippen molar-refractivity contribution in [3.05, 3.63) is 69.4 Å². The number of nitrogens with zero attached hydrogens (tertiary/aromatic N) is 4. The normalized spacial score (nSPS) is 13.4. The lowest BCUT2D eigenvalue weighted by Crippen LogP contribution is -2.14. The Balaban J connectivity index is 1.32. The molecule has 1 N–H and O–H groups in total. The molecule has 0 fully saturated rings. The van der Waals surface area contributed by atoms with Crippen molar-refractivity contribution in [1.82, 2.24) is 19.7 Å². The first-order valence-corrected chi connectivity index (χ1v) is 12.4. The summed E-state index contributed by atoms with van der Waals surface area (Å²) in [4.78, 5) is 17.3. The second-order valence-electron chi connectivity index (χ2n) is 7.95. The minimum absolute atomic E-state index is 0.153. The molecule has 0 spiro atoms. The van der Waals surface area contributed by atoms with Crippen LogP contribution in [0.4, 0.5) is 5.69 Å². The zero-order chi connectivity index (χ0) is 22.8. The van der Waals surface area contributed by atoms with E-state index >= 15 is 0 Å². The van der Waals surface area contributed by atoms with Gasteiger partial charge in [-0.3, -0.25) is 4.79 Å². The number of anilines is 1. The maximum atomic E-state index is 12.7. The van der Waals surface area contributed by atoms with Crippen molar-refractivity contribution in [3.63, 3.8) is 0 Å². The average Bonchev–Trinajstić information content (AvgIpc) is 3.35. The van der Waals surface area contributed by atoms with E-state index in [2.05, 4.69) is 25.1 Å². The molecular formula is C24H21Cl2N5OS. The number of carbonyl (C=O) groups is 1. The average molecular weight is 498 g/mol. The number of rotatable bonds is 5. The molecule has 168 valence electrons. The largest absolute Gasteiger partial charge is 0.326 e. The Morgan fingerprint density at radius 1 is 1.03 bits per heavy atom. The third-order valence-electron chi connectivity index (χ3n) is 5.60. The Kier molecular flexibility index (Phi) is 6.44. The number of fused-ring (bicyclic) bond motifs is 1. The lowest BCUT2D eigenvalue weighted by molar-refractivity contribution is -0.115. The van der Waals surface area contributed by atoms with Gasteiger partial charge in [-0.25, -0.2) is 4.98 Å². The zero-order valence-corrected chi connectivity index (χ0v) is 20.1. The smallest absolute Gasteiger partial charge is 0.230 e. The minimum Gasteiger partial charge on any atom is -0.326 e. The molecule has 1 amide bonds. The highest BCUT2D eigenvalue weighted by Crippen LogP contribution is 2.32. The Morgan fingerprint density at radius 3 is 2.76 bits per heavy atom. The first-order chi connectivity index (χ1) is 16.1. The Bertz CT molecular complexity index is 1320. The van der Waals surface area contributed by atoms with Crippen LogP contribution in [0.2, 0.25) is 10.0 Å². The highest BCUT2D eigenvalue weighted by Gasteiger charge is 2.19. The van der Waals surface area contributed by atoms with Gasteiger partial charge in [-0.1, -0.05) is 47.8 Å². The molecule has 5 rings (SSSR count). The number of benzene rings is 2. The quantitative estimate of drug-likeness (QED) is 0.351. The van der Waals surface area contributed by atoms with Crippen LogP contribution in [0.25, 0.3) is 22.0 Å². The fourth-order valence-corrected chi connectivity index (χ4v) is 5.32. The monoisotopic (exact) mass is 497 g/mol. The summed E-state index contributed by atoms with van der Waals surface area (Å²) in [6.45, 7) is 0.877. The summed E-state index contributed by atoms with van der Waals surface area (Å²) in [5.41, 5.74) is 2.99. The van der Waals surface area contributed by atoms with Crippen LogP contribution < -0.4 is 5.32 Å². The summed E-state index contributed by atoms with van der Waals surface area (Å²) in [7, 11) is 0. The van der Waals surface area contributed by atoms with Gasteiger partial charge in [0.15, 0.2) is 5.82 Å². The van der Waals surface area contributed by atoms with E-state index in [9.17, 15) is 4.79 Å². The summed E-state index contributed by atoms with van der Waals surface area (Å²) >= 11 is 14.2. The van der Waals surface area contributed by atoms with Crippen LogP contribution >= 0.6 is 34.5 Å². The van der Waals surface area contributed by atoms with Gasteiger partial charge in [0.1, 0.15) is 10.8 Å². The van der Waals surface area contributed by atoms with Crippen molar-refractivity contribution in [3.8, 4) is 22.0 Å². The second-order valence-corrected chi connectivity index (χ2v) is 9.62. The molecule has 6 nitrogen and oxygen atoms in total. The van der Waals surface area contributed by atoms with Gasteiger partial charge in [-0.15, -0.1) is 21.5 Å². The topological polar surface area (TPSA) is 72.7 Å². The van der Waals surface area contributed by atoms with E-state index in [4.69, 9.17) is 23.2 Å². The minimum atomic E-state index is -0.153. The highest BCUT2D eigenvalue weighted by molar-refractivity contribution is 7.13. The van der Waals surface area contributed by atoms with Crippen LogP contribution in [0.5, 0.6) is 0 Å².